The summed E-state index contributed by atoms with van der Waals surface area (Å²) in [6.07, 6.45) is 0. The van der Waals surface area contributed by atoms with E-state index in [2.05, 4.69) is 57.6 Å². The van der Waals surface area contributed by atoms with Crippen molar-refractivity contribution in [3.05, 3.63) is 131 Å². The van der Waals surface area contributed by atoms with Gasteiger partial charge in [0, 0.05) is 71.6 Å². The molecule has 350 valence electrons. The van der Waals surface area contributed by atoms with Crippen LogP contribution in [-0.4, -0.2) is 81.4 Å². The molecule has 12 nitrogen and oxygen atoms in total. The molecule has 4 atom stereocenters. The minimum absolute atomic E-state index is 0.171. The van der Waals surface area contributed by atoms with Gasteiger partial charge < -0.3 is 29.9 Å². The van der Waals surface area contributed by atoms with Crippen molar-refractivity contribution in [2.24, 2.45) is 0 Å². The number of rotatable bonds is 12. The van der Waals surface area contributed by atoms with E-state index >= 15 is 0 Å². The molecule has 6 aromatic rings. The fraction of sp³-hybridized carbons (Fsp3) is 0.306. The van der Waals surface area contributed by atoms with Crippen LogP contribution in [0.25, 0.3) is 21.6 Å². The zero-order chi connectivity index (χ0) is 47.3. The standard InChI is InChI=1S/C25H28ClN3O3S.C24H28FN3O3S2/c1-17-15-29(16-18(2)27-17)22-9-12-25(32-3)24(14-22)28-33(30,31)23-10-7-19(8-11-23)20-5-4-6-21(26)13-20;1-15-9-23(32-14-15)18-5-8-24(20(25)10-18)33(29,30)27-21-11-19(6-7-22(21)31-4)28-12-16(2)26-17(3)13-28/h4-14,17-18,27-28H,15-16H2,1-3H3;5-11,14,16-17,26-27H,12-13H2,1-4H3/t17-,18+;16-,17+. The Kier molecular flexibility index (Phi) is 15.2. The van der Waals surface area contributed by atoms with Gasteiger partial charge >= 0.3 is 0 Å². The number of anilines is 4. The molecule has 5 aromatic carbocycles. The first-order chi connectivity index (χ1) is 31.4. The van der Waals surface area contributed by atoms with Crippen LogP contribution in [-0.2, 0) is 20.0 Å². The Balaban J connectivity index is 0.000000196. The third-order valence-corrected chi connectivity index (χ3v) is 15.4. The number of hydrogen-bond acceptors (Lipinski definition) is 11. The number of nitrogens with one attached hydrogen (secondary N) is 4. The Hall–Kier alpha value is -5.36. The molecular weight excluding hydrogens is 919 g/mol. The van der Waals surface area contributed by atoms with Crippen molar-refractivity contribution in [1.82, 2.24) is 10.6 Å². The minimum atomic E-state index is -4.17. The van der Waals surface area contributed by atoms with Crippen LogP contribution in [0, 0.1) is 12.7 Å². The van der Waals surface area contributed by atoms with Crippen LogP contribution < -0.4 is 39.4 Å². The van der Waals surface area contributed by atoms with Gasteiger partial charge in [0.1, 0.15) is 22.2 Å². The second-order valence-corrected chi connectivity index (χ2v) is 21.6. The molecule has 2 aliphatic rings. The Morgan fingerprint density at radius 2 is 1.15 bits per heavy atom. The van der Waals surface area contributed by atoms with Gasteiger partial charge in [-0.25, -0.2) is 21.2 Å². The van der Waals surface area contributed by atoms with E-state index in [9.17, 15) is 21.2 Å². The average Bonchev–Trinajstić information content (AvgIpc) is 3.71. The molecule has 3 heterocycles. The van der Waals surface area contributed by atoms with Crippen LogP contribution >= 0.6 is 22.9 Å². The number of piperazine rings is 2. The van der Waals surface area contributed by atoms with Gasteiger partial charge in [-0.3, -0.25) is 9.44 Å². The van der Waals surface area contributed by atoms with Gasteiger partial charge in [-0.15, -0.1) is 11.3 Å². The van der Waals surface area contributed by atoms with Crippen LogP contribution in [0.3, 0.4) is 0 Å². The molecule has 0 unspecified atom stereocenters. The second kappa shape index (κ2) is 20.7. The summed E-state index contributed by atoms with van der Waals surface area (Å²) in [4.78, 5) is 5.10. The number of methoxy groups -OCH3 is 2. The van der Waals surface area contributed by atoms with E-state index in [1.54, 1.807) is 54.6 Å². The van der Waals surface area contributed by atoms with Crippen LogP contribution in [0.2, 0.25) is 5.02 Å². The zero-order valence-electron chi connectivity index (χ0n) is 37.9. The largest absolute Gasteiger partial charge is 0.495 e. The molecule has 0 bridgehead atoms. The maximum atomic E-state index is 14.9. The molecule has 2 saturated heterocycles. The molecule has 1 aromatic heterocycles. The Morgan fingerprint density at radius 3 is 1.62 bits per heavy atom. The number of ether oxygens (including phenoxy) is 2. The highest BCUT2D eigenvalue weighted by molar-refractivity contribution is 7.93. The lowest BCUT2D eigenvalue weighted by atomic mass is 10.1. The number of aryl methyl sites for hydroxylation is 1. The van der Waals surface area contributed by atoms with Crippen molar-refractivity contribution in [2.75, 3.05) is 59.6 Å². The van der Waals surface area contributed by atoms with Gasteiger partial charge in [-0.2, -0.15) is 0 Å². The van der Waals surface area contributed by atoms with E-state index in [4.69, 9.17) is 21.1 Å². The zero-order valence-corrected chi connectivity index (χ0v) is 41.1. The van der Waals surface area contributed by atoms with Crippen molar-refractivity contribution < 1.29 is 30.7 Å². The minimum Gasteiger partial charge on any atom is -0.495 e. The molecule has 0 aliphatic carbocycles. The summed E-state index contributed by atoms with van der Waals surface area (Å²) in [6.45, 7) is 13.7. The van der Waals surface area contributed by atoms with Gasteiger partial charge in [-0.05, 0) is 141 Å². The summed E-state index contributed by atoms with van der Waals surface area (Å²) >= 11 is 7.57. The molecule has 8 rings (SSSR count). The van der Waals surface area contributed by atoms with Crippen molar-refractivity contribution in [2.45, 2.75) is 68.6 Å². The van der Waals surface area contributed by atoms with Crippen LogP contribution in [0.1, 0.15) is 33.3 Å². The van der Waals surface area contributed by atoms with E-state index in [1.807, 2.05) is 54.8 Å². The van der Waals surface area contributed by atoms with Gasteiger partial charge in [-0.1, -0.05) is 41.9 Å². The lowest BCUT2D eigenvalue weighted by molar-refractivity contribution is 0.406. The highest BCUT2D eigenvalue weighted by atomic mass is 35.5. The molecular formula is C49H56ClFN6O6S3. The van der Waals surface area contributed by atoms with Gasteiger partial charge in [0.25, 0.3) is 20.0 Å². The molecule has 0 radical (unpaired) electrons. The number of benzene rings is 5. The van der Waals surface area contributed by atoms with Crippen LogP contribution in [0.5, 0.6) is 11.5 Å². The Bertz CT molecular complexity index is 2860. The summed E-state index contributed by atoms with van der Waals surface area (Å²) in [5, 5.41) is 9.59. The van der Waals surface area contributed by atoms with E-state index in [0.717, 1.165) is 59.1 Å². The summed E-state index contributed by atoms with van der Waals surface area (Å²) in [5.41, 5.74) is 6.04. The summed E-state index contributed by atoms with van der Waals surface area (Å²) in [5.74, 6) is 0.0321. The third-order valence-electron chi connectivity index (χ3n) is 11.3. The molecule has 17 heteroatoms. The number of thiophene rings is 1. The topological polar surface area (TPSA) is 141 Å². The highest BCUT2D eigenvalue weighted by Crippen LogP contribution is 2.36. The SMILES string of the molecule is COc1ccc(N2C[C@@H](C)N[C@@H](C)C2)cc1NS(=O)(=O)c1ccc(-c2cc(C)cs2)cc1F.COc1ccc(N2C[C@@H](C)N[C@@H](C)C2)cc1NS(=O)(=O)c1ccc(-c2cccc(Cl)c2)cc1. The fourth-order valence-corrected chi connectivity index (χ4v) is 11.6. The smallest absolute Gasteiger partial charge is 0.264 e. The summed E-state index contributed by atoms with van der Waals surface area (Å²) in [6, 6.07) is 32.6. The van der Waals surface area contributed by atoms with E-state index < -0.39 is 30.8 Å². The number of sulfonamides is 2. The first kappa shape index (κ1) is 48.6. The maximum absolute atomic E-state index is 14.9. The van der Waals surface area contributed by atoms with Crippen molar-refractivity contribution in [3.8, 4) is 33.1 Å². The summed E-state index contributed by atoms with van der Waals surface area (Å²) < 4.78 is 83.5. The summed E-state index contributed by atoms with van der Waals surface area (Å²) in [7, 11) is -4.98. The molecule has 2 aliphatic heterocycles. The Morgan fingerprint density at radius 1 is 0.636 bits per heavy atom. The second-order valence-electron chi connectivity index (χ2n) is 16.9. The number of hydrogen-bond donors (Lipinski definition) is 4. The number of halogens is 2. The first-order valence-electron chi connectivity index (χ1n) is 21.6. The molecule has 66 heavy (non-hydrogen) atoms. The highest BCUT2D eigenvalue weighted by Gasteiger charge is 2.26. The van der Waals surface area contributed by atoms with Gasteiger partial charge in [0.15, 0.2) is 0 Å². The predicted molar refractivity (Wildman–Crippen MR) is 267 cm³/mol. The van der Waals surface area contributed by atoms with E-state index in [1.165, 1.54) is 37.7 Å². The molecule has 2 fully saturated rings. The quantitative estimate of drug-likeness (QED) is 0.0937. The normalized spacial score (nSPS) is 18.8. The lowest BCUT2D eigenvalue weighted by Crippen LogP contribution is -2.54. The van der Waals surface area contributed by atoms with E-state index in [0.29, 0.717) is 51.9 Å². The predicted octanol–water partition coefficient (Wildman–Crippen LogP) is 9.86. The molecule has 4 N–H and O–H groups in total. The molecule has 0 spiro atoms. The number of nitrogens with zero attached hydrogens (tertiary/aromatic N) is 2. The first-order valence-corrected chi connectivity index (χ1v) is 25.8. The van der Waals surface area contributed by atoms with Crippen molar-refractivity contribution in [1.29, 1.82) is 0 Å². The van der Waals surface area contributed by atoms with Crippen LogP contribution in [0.15, 0.2) is 124 Å². The average molecular weight is 976 g/mol. The van der Waals surface area contributed by atoms with Crippen LogP contribution in [0.4, 0.5) is 27.1 Å². The monoisotopic (exact) mass is 974 g/mol. The molecule has 0 amide bonds. The Labute approximate surface area is 397 Å². The van der Waals surface area contributed by atoms with Crippen molar-refractivity contribution >= 4 is 65.7 Å². The van der Waals surface area contributed by atoms with E-state index in [-0.39, 0.29) is 10.6 Å². The van der Waals surface area contributed by atoms with Crippen molar-refractivity contribution in [3.63, 3.8) is 0 Å². The lowest BCUT2D eigenvalue weighted by Gasteiger charge is -2.38. The van der Waals surface area contributed by atoms with Gasteiger partial charge in [0.2, 0.25) is 0 Å². The molecule has 0 saturated carbocycles. The van der Waals surface area contributed by atoms with Gasteiger partial charge in [0.05, 0.1) is 30.5 Å². The fourth-order valence-electron chi connectivity index (χ4n) is 8.37. The third kappa shape index (κ3) is 11.8. The maximum Gasteiger partial charge on any atom is 0.264 e.